The number of aryl methyl sites for hydroxylation is 2. The number of nitrogens with two attached hydrogens (primary N) is 1. The van der Waals surface area contributed by atoms with E-state index in [4.69, 9.17) is 5.73 Å². The van der Waals surface area contributed by atoms with E-state index in [1.165, 1.54) is 11.1 Å². The first kappa shape index (κ1) is 11.1. The number of hydrogen-bond acceptors (Lipinski definition) is 2. The van der Waals surface area contributed by atoms with Gasteiger partial charge in [0.25, 0.3) is 5.91 Å². The van der Waals surface area contributed by atoms with E-state index in [1.807, 2.05) is 17.9 Å². The number of benzene rings is 1. The zero-order valence-electron chi connectivity index (χ0n) is 9.92. The zero-order valence-corrected chi connectivity index (χ0v) is 9.92. The van der Waals surface area contributed by atoms with Gasteiger partial charge < -0.3 is 10.6 Å². The SMILES string of the molecule is Cc1ccc(C)c2c1CCN(CCN)C2=O. The highest BCUT2D eigenvalue weighted by Gasteiger charge is 2.26. The van der Waals surface area contributed by atoms with Crippen LogP contribution in [0.4, 0.5) is 0 Å². The number of carbonyl (C=O) groups excluding carboxylic acids is 1. The molecule has 0 fully saturated rings. The first-order valence-corrected chi connectivity index (χ1v) is 5.73. The van der Waals surface area contributed by atoms with Gasteiger partial charge in [0.2, 0.25) is 0 Å². The minimum absolute atomic E-state index is 0.146. The Balaban J connectivity index is 2.44. The standard InChI is InChI=1S/C13H18N2O/c1-9-3-4-10(2)12-11(9)5-7-15(8-6-14)13(12)16/h3-4H,5-8,14H2,1-2H3. The maximum Gasteiger partial charge on any atom is 0.254 e. The molecule has 0 aromatic heterocycles. The van der Waals surface area contributed by atoms with Crippen molar-refractivity contribution in [2.45, 2.75) is 20.3 Å². The van der Waals surface area contributed by atoms with Crippen LogP contribution in [0.2, 0.25) is 0 Å². The van der Waals surface area contributed by atoms with Gasteiger partial charge in [-0.15, -0.1) is 0 Å². The van der Waals surface area contributed by atoms with E-state index < -0.39 is 0 Å². The number of fused-ring (bicyclic) bond motifs is 1. The second kappa shape index (κ2) is 4.26. The van der Waals surface area contributed by atoms with E-state index in [9.17, 15) is 4.79 Å². The summed E-state index contributed by atoms with van der Waals surface area (Å²) < 4.78 is 0. The van der Waals surface area contributed by atoms with Crippen molar-refractivity contribution in [1.82, 2.24) is 4.90 Å². The second-order valence-corrected chi connectivity index (χ2v) is 4.38. The Bertz CT molecular complexity index is 426. The Kier molecular flexibility index (Phi) is 2.97. The fourth-order valence-corrected chi connectivity index (χ4v) is 2.36. The first-order valence-electron chi connectivity index (χ1n) is 5.73. The van der Waals surface area contributed by atoms with Crippen molar-refractivity contribution in [3.8, 4) is 0 Å². The highest BCUT2D eigenvalue weighted by molar-refractivity contribution is 5.98. The number of amides is 1. The van der Waals surface area contributed by atoms with Gasteiger partial charge in [-0.05, 0) is 37.0 Å². The van der Waals surface area contributed by atoms with Gasteiger partial charge in [-0.2, -0.15) is 0 Å². The smallest absolute Gasteiger partial charge is 0.254 e. The van der Waals surface area contributed by atoms with Crippen LogP contribution in [0.3, 0.4) is 0 Å². The van der Waals surface area contributed by atoms with Crippen molar-refractivity contribution in [3.05, 3.63) is 34.4 Å². The fraction of sp³-hybridized carbons (Fsp3) is 0.462. The molecule has 0 atom stereocenters. The third-order valence-electron chi connectivity index (χ3n) is 3.29. The van der Waals surface area contributed by atoms with Crippen LogP contribution >= 0.6 is 0 Å². The highest BCUT2D eigenvalue weighted by atomic mass is 16.2. The fourth-order valence-electron chi connectivity index (χ4n) is 2.36. The average Bonchev–Trinajstić information content (AvgIpc) is 2.27. The molecule has 3 nitrogen and oxygen atoms in total. The summed E-state index contributed by atoms with van der Waals surface area (Å²) in [6.45, 7) is 6.07. The van der Waals surface area contributed by atoms with Crippen molar-refractivity contribution in [2.75, 3.05) is 19.6 Å². The molecule has 1 aliphatic heterocycles. The molecule has 86 valence electrons. The molecule has 1 aliphatic rings. The molecular weight excluding hydrogens is 200 g/mol. The Labute approximate surface area is 96.2 Å². The van der Waals surface area contributed by atoms with Gasteiger partial charge in [-0.3, -0.25) is 4.79 Å². The van der Waals surface area contributed by atoms with Crippen LogP contribution in [-0.4, -0.2) is 30.4 Å². The molecule has 3 heteroatoms. The Morgan fingerprint density at radius 3 is 2.69 bits per heavy atom. The molecule has 1 aromatic rings. The van der Waals surface area contributed by atoms with Crippen LogP contribution < -0.4 is 5.73 Å². The maximum absolute atomic E-state index is 12.3. The maximum atomic E-state index is 12.3. The lowest BCUT2D eigenvalue weighted by atomic mass is 9.91. The van der Waals surface area contributed by atoms with E-state index in [-0.39, 0.29) is 5.91 Å². The molecule has 0 radical (unpaired) electrons. The van der Waals surface area contributed by atoms with Crippen molar-refractivity contribution in [3.63, 3.8) is 0 Å². The van der Waals surface area contributed by atoms with Gasteiger partial charge in [0, 0.05) is 25.2 Å². The summed E-state index contributed by atoms with van der Waals surface area (Å²) in [6, 6.07) is 4.12. The lowest BCUT2D eigenvalue weighted by molar-refractivity contribution is 0.0743. The Morgan fingerprint density at radius 1 is 1.31 bits per heavy atom. The Hall–Kier alpha value is -1.35. The van der Waals surface area contributed by atoms with Crippen LogP contribution in [-0.2, 0) is 6.42 Å². The molecule has 0 unspecified atom stereocenters. The summed E-state index contributed by atoms with van der Waals surface area (Å²) in [5.74, 6) is 0.146. The summed E-state index contributed by atoms with van der Waals surface area (Å²) in [6.07, 6.45) is 0.953. The summed E-state index contributed by atoms with van der Waals surface area (Å²) in [4.78, 5) is 14.1. The predicted molar refractivity (Wildman–Crippen MR) is 64.6 cm³/mol. The molecule has 1 heterocycles. The Morgan fingerprint density at radius 2 is 2.00 bits per heavy atom. The number of rotatable bonds is 2. The third kappa shape index (κ3) is 1.71. The molecule has 0 saturated carbocycles. The van der Waals surface area contributed by atoms with Crippen molar-refractivity contribution in [2.24, 2.45) is 5.73 Å². The molecule has 0 saturated heterocycles. The second-order valence-electron chi connectivity index (χ2n) is 4.38. The lowest BCUT2D eigenvalue weighted by Gasteiger charge is -2.30. The van der Waals surface area contributed by atoms with Crippen molar-refractivity contribution in [1.29, 1.82) is 0 Å². The number of hydrogen-bond donors (Lipinski definition) is 1. The van der Waals surface area contributed by atoms with Crippen LogP contribution in [0.15, 0.2) is 12.1 Å². The average molecular weight is 218 g/mol. The van der Waals surface area contributed by atoms with Gasteiger partial charge >= 0.3 is 0 Å². The minimum Gasteiger partial charge on any atom is -0.337 e. The van der Waals surface area contributed by atoms with E-state index >= 15 is 0 Å². The normalized spacial score (nSPS) is 15.2. The molecular formula is C13H18N2O. The van der Waals surface area contributed by atoms with Gasteiger partial charge in [-0.1, -0.05) is 12.1 Å². The summed E-state index contributed by atoms with van der Waals surface area (Å²) in [5.41, 5.74) is 9.94. The van der Waals surface area contributed by atoms with Crippen LogP contribution in [0, 0.1) is 13.8 Å². The molecule has 16 heavy (non-hydrogen) atoms. The quantitative estimate of drug-likeness (QED) is 0.812. The molecule has 1 aromatic carbocycles. The monoisotopic (exact) mass is 218 g/mol. The molecule has 0 bridgehead atoms. The first-order chi connectivity index (χ1) is 7.65. The number of carbonyl (C=O) groups is 1. The van der Waals surface area contributed by atoms with Gasteiger partial charge in [0.15, 0.2) is 0 Å². The topological polar surface area (TPSA) is 46.3 Å². The summed E-state index contributed by atoms with van der Waals surface area (Å²) in [7, 11) is 0. The molecule has 2 N–H and O–H groups in total. The summed E-state index contributed by atoms with van der Waals surface area (Å²) >= 11 is 0. The largest absolute Gasteiger partial charge is 0.337 e. The zero-order chi connectivity index (χ0) is 11.7. The lowest BCUT2D eigenvalue weighted by Crippen LogP contribution is -2.41. The molecule has 1 amide bonds. The molecule has 0 aliphatic carbocycles. The van der Waals surface area contributed by atoms with Crippen molar-refractivity contribution < 1.29 is 4.79 Å². The minimum atomic E-state index is 0.146. The highest BCUT2D eigenvalue weighted by Crippen LogP contribution is 2.24. The number of nitrogens with zero attached hydrogens (tertiary/aromatic N) is 1. The third-order valence-corrected chi connectivity index (χ3v) is 3.29. The van der Waals surface area contributed by atoms with Gasteiger partial charge in [0.05, 0.1) is 0 Å². The van der Waals surface area contributed by atoms with E-state index in [2.05, 4.69) is 13.0 Å². The van der Waals surface area contributed by atoms with E-state index in [0.717, 1.165) is 24.1 Å². The predicted octanol–water partition coefficient (Wildman–Crippen LogP) is 1.26. The van der Waals surface area contributed by atoms with Gasteiger partial charge in [0.1, 0.15) is 0 Å². The van der Waals surface area contributed by atoms with E-state index in [0.29, 0.717) is 13.1 Å². The van der Waals surface area contributed by atoms with Crippen LogP contribution in [0.25, 0.3) is 0 Å². The van der Waals surface area contributed by atoms with Gasteiger partial charge in [-0.25, -0.2) is 0 Å². The summed E-state index contributed by atoms with van der Waals surface area (Å²) in [5, 5.41) is 0. The van der Waals surface area contributed by atoms with E-state index in [1.54, 1.807) is 0 Å². The van der Waals surface area contributed by atoms with Crippen LogP contribution in [0.1, 0.15) is 27.0 Å². The van der Waals surface area contributed by atoms with Crippen molar-refractivity contribution >= 4 is 5.91 Å². The van der Waals surface area contributed by atoms with Crippen LogP contribution in [0.5, 0.6) is 0 Å². The molecule has 2 rings (SSSR count). The molecule has 0 spiro atoms.